The van der Waals surface area contributed by atoms with Crippen molar-refractivity contribution >= 4 is 36.7 Å². The van der Waals surface area contributed by atoms with Gasteiger partial charge in [0, 0.05) is 70.1 Å². The van der Waals surface area contributed by atoms with Crippen molar-refractivity contribution in [3.8, 4) is 22.6 Å². The first-order valence-corrected chi connectivity index (χ1v) is 18.9. The van der Waals surface area contributed by atoms with Crippen molar-refractivity contribution in [3.05, 3.63) is 71.8 Å². The van der Waals surface area contributed by atoms with E-state index >= 15 is 8.78 Å². The van der Waals surface area contributed by atoms with Crippen LogP contribution in [0.3, 0.4) is 0 Å². The Morgan fingerprint density at radius 3 is 2.42 bits per heavy atom. The molecule has 3 amide bonds. The summed E-state index contributed by atoms with van der Waals surface area (Å²) in [4.78, 5) is 30.7. The molecule has 0 atom stereocenters. The van der Waals surface area contributed by atoms with E-state index in [4.69, 9.17) is 14.2 Å². The fourth-order valence-electron chi connectivity index (χ4n) is 4.94. The molecule has 0 spiro atoms. The van der Waals surface area contributed by atoms with Crippen LogP contribution >= 0.6 is 0 Å². The van der Waals surface area contributed by atoms with Gasteiger partial charge in [0.15, 0.2) is 23.1 Å². The van der Waals surface area contributed by atoms with Crippen molar-refractivity contribution < 1.29 is 41.4 Å². The molecule has 1 fully saturated rings. The van der Waals surface area contributed by atoms with E-state index in [0.29, 0.717) is 28.8 Å². The van der Waals surface area contributed by atoms with Gasteiger partial charge in [-0.2, -0.15) is 0 Å². The highest BCUT2D eigenvalue weighted by Crippen LogP contribution is 2.40. The van der Waals surface area contributed by atoms with Crippen LogP contribution in [-0.4, -0.2) is 80.6 Å². The Labute approximate surface area is 276 Å². The van der Waals surface area contributed by atoms with Crippen LogP contribution < -0.4 is 15.4 Å². The molecule has 1 aliphatic heterocycles. The molecular formula is C33H37F4N5O5Si. The predicted molar refractivity (Wildman–Crippen MR) is 175 cm³/mol. The highest BCUT2D eigenvalue weighted by molar-refractivity contribution is 6.76. The second-order valence-corrected chi connectivity index (χ2v) is 18.7. The van der Waals surface area contributed by atoms with Gasteiger partial charge in [0.05, 0.1) is 25.1 Å². The summed E-state index contributed by atoms with van der Waals surface area (Å²) in [5, 5.41) is 4.88. The minimum absolute atomic E-state index is 0.00666. The number of nitrogens with zero attached hydrogens (tertiary/aromatic N) is 3. The van der Waals surface area contributed by atoms with E-state index in [1.54, 1.807) is 24.9 Å². The zero-order valence-electron chi connectivity index (χ0n) is 27.3. The molecule has 5 rings (SSSR count). The van der Waals surface area contributed by atoms with Gasteiger partial charge in [-0.1, -0.05) is 19.6 Å². The highest BCUT2D eigenvalue weighted by atomic mass is 28.3. The fraction of sp³-hybridized carbons (Fsp3) is 0.364. The number of hydrogen-bond donors (Lipinski definition) is 2. The maximum atomic E-state index is 15.3. The van der Waals surface area contributed by atoms with Crippen LogP contribution in [-0.2, 0) is 16.2 Å². The quantitative estimate of drug-likeness (QED) is 0.0966. The van der Waals surface area contributed by atoms with E-state index in [-0.39, 0.29) is 43.5 Å². The summed E-state index contributed by atoms with van der Waals surface area (Å²) in [6, 6.07) is 7.06. The van der Waals surface area contributed by atoms with Crippen LogP contribution in [0.25, 0.3) is 22.2 Å². The van der Waals surface area contributed by atoms with Gasteiger partial charge < -0.3 is 34.3 Å². The first-order chi connectivity index (χ1) is 22.6. The van der Waals surface area contributed by atoms with Crippen LogP contribution in [0.1, 0.15) is 10.4 Å². The number of anilines is 1. The Balaban J connectivity index is 1.49. The minimum Gasteiger partial charge on any atom is -0.450 e. The molecule has 10 nitrogen and oxygen atoms in total. The van der Waals surface area contributed by atoms with E-state index in [1.165, 1.54) is 29.3 Å². The van der Waals surface area contributed by atoms with Crippen LogP contribution in [0.4, 0.5) is 28.0 Å². The van der Waals surface area contributed by atoms with Gasteiger partial charge in [-0.3, -0.25) is 4.79 Å². The summed E-state index contributed by atoms with van der Waals surface area (Å²) >= 11 is 0. The second-order valence-electron chi connectivity index (χ2n) is 13.1. The molecule has 1 aliphatic rings. The maximum absolute atomic E-state index is 15.3. The molecule has 2 N–H and O–H groups in total. The summed E-state index contributed by atoms with van der Waals surface area (Å²) in [5.74, 6) is -4.13. The van der Waals surface area contributed by atoms with Gasteiger partial charge in [0.1, 0.15) is 23.9 Å². The number of hydrogen-bond acceptors (Lipinski definition) is 6. The van der Waals surface area contributed by atoms with E-state index < -0.39 is 48.9 Å². The standard InChI is InChI=1S/C33H37F4N5O5Si/c1-41(2)31(43)21-10-20(11-22(34)12-21)24-15-42(19-45-8-9-48(3,4)5)30-28(24)27(6-7-38-30)47-29-25(35)13-23(14-26(29)36)40-32(44)39-16-33(37)17-46-18-33/h6-7,10-15H,8-9,16-19H2,1-5H3,(H2,39,40,44). The lowest BCUT2D eigenvalue weighted by Crippen LogP contribution is -2.54. The van der Waals surface area contributed by atoms with Crippen molar-refractivity contribution in [2.45, 2.75) is 38.1 Å². The first kappa shape index (κ1) is 34.9. The highest BCUT2D eigenvalue weighted by Gasteiger charge is 2.39. The average Bonchev–Trinajstić information content (AvgIpc) is 3.37. The summed E-state index contributed by atoms with van der Waals surface area (Å²) in [5.41, 5.74) is -0.799. The number of rotatable bonds is 12. The molecule has 3 heterocycles. The van der Waals surface area contributed by atoms with E-state index in [9.17, 15) is 18.4 Å². The Hall–Kier alpha value is -4.47. The third-order valence-corrected chi connectivity index (χ3v) is 9.27. The number of aromatic nitrogens is 2. The number of nitrogens with one attached hydrogen (secondary N) is 2. The Morgan fingerprint density at radius 1 is 1.08 bits per heavy atom. The number of benzene rings is 2. The third-order valence-electron chi connectivity index (χ3n) is 7.56. The molecule has 0 unspecified atom stereocenters. The van der Waals surface area contributed by atoms with Gasteiger partial charge >= 0.3 is 6.03 Å². The van der Waals surface area contributed by atoms with Gasteiger partial charge in [-0.25, -0.2) is 27.3 Å². The molecule has 2 aromatic carbocycles. The number of urea groups is 1. The van der Waals surface area contributed by atoms with Gasteiger partial charge in [-0.05, 0) is 35.9 Å². The van der Waals surface area contributed by atoms with Crippen LogP contribution in [0.2, 0.25) is 25.7 Å². The van der Waals surface area contributed by atoms with Crippen molar-refractivity contribution in [2.24, 2.45) is 0 Å². The molecule has 0 bridgehead atoms. The van der Waals surface area contributed by atoms with Crippen LogP contribution in [0, 0.1) is 17.5 Å². The molecule has 0 saturated carbocycles. The molecule has 48 heavy (non-hydrogen) atoms. The Bertz CT molecular complexity index is 1820. The monoisotopic (exact) mass is 687 g/mol. The molecular weight excluding hydrogens is 650 g/mol. The number of pyridine rings is 1. The largest absolute Gasteiger partial charge is 0.450 e. The predicted octanol–water partition coefficient (Wildman–Crippen LogP) is 6.79. The molecule has 2 aromatic heterocycles. The number of ether oxygens (including phenoxy) is 3. The number of halogens is 4. The van der Waals surface area contributed by atoms with Gasteiger partial charge in [0.25, 0.3) is 5.91 Å². The summed E-state index contributed by atoms with van der Waals surface area (Å²) in [6.45, 7) is 6.62. The molecule has 4 aromatic rings. The molecule has 0 aliphatic carbocycles. The zero-order valence-corrected chi connectivity index (χ0v) is 28.3. The van der Waals surface area contributed by atoms with E-state index in [0.717, 1.165) is 24.2 Å². The number of carbonyl (C=O) groups is 2. The van der Waals surface area contributed by atoms with E-state index in [2.05, 4.69) is 35.3 Å². The molecule has 0 radical (unpaired) electrons. The lowest BCUT2D eigenvalue weighted by Gasteiger charge is -2.33. The summed E-state index contributed by atoms with van der Waals surface area (Å²) in [7, 11) is 1.71. The lowest BCUT2D eigenvalue weighted by molar-refractivity contribution is -0.125. The van der Waals surface area contributed by atoms with Crippen molar-refractivity contribution in [1.29, 1.82) is 0 Å². The lowest BCUT2D eigenvalue weighted by atomic mass is 10.0. The Morgan fingerprint density at radius 2 is 1.79 bits per heavy atom. The smallest absolute Gasteiger partial charge is 0.319 e. The SMILES string of the molecule is CN(C)C(=O)c1cc(F)cc(-c2cn(COCC[Si](C)(C)C)c3nccc(Oc4c(F)cc(NC(=O)NCC5(F)COC5)cc4F)c23)c1. The summed E-state index contributed by atoms with van der Waals surface area (Å²) in [6.07, 6.45) is 3.06. The summed E-state index contributed by atoms with van der Waals surface area (Å²) < 4.78 is 78.0. The van der Waals surface area contributed by atoms with Crippen LogP contribution in [0.5, 0.6) is 11.5 Å². The van der Waals surface area contributed by atoms with Crippen molar-refractivity contribution in [3.63, 3.8) is 0 Å². The first-order valence-electron chi connectivity index (χ1n) is 15.2. The van der Waals surface area contributed by atoms with E-state index in [1.807, 2.05) is 0 Å². The molecule has 256 valence electrons. The maximum Gasteiger partial charge on any atom is 0.319 e. The average molecular weight is 688 g/mol. The molecule has 1 saturated heterocycles. The zero-order chi connectivity index (χ0) is 34.8. The van der Waals surface area contributed by atoms with Crippen molar-refractivity contribution in [2.75, 3.05) is 45.8 Å². The van der Waals surface area contributed by atoms with Gasteiger partial charge in [-0.15, -0.1) is 0 Å². The van der Waals surface area contributed by atoms with Crippen molar-refractivity contribution in [1.82, 2.24) is 19.8 Å². The van der Waals surface area contributed by atoms with Crippen LogP contribution in [0.15, 0.2) is 48.8 Å². The minimum atomic E-state index is -1.69. The van der Waals surface area contributed by atoms with Gasteiger partial charge in [0.2, 0.25) is 0 Å². The second kappa shape index (κ2) is 13.9. The Kier molecular flexibility index (Phi) is 10.1. The molecule has 15 heteroatoms. The number of alkyl halides is 1. The number of amides is 3. The number of fused-ring (bicyclic) bond motifs is 1. The topological polar surface area (TPSA) is 107 Å². The third kappa shape index (κ3) is 8.14. The fourth-order valence-corrected chi connectivity index (χ4v) is 5.69. The number of carbonyl (C=O) groups excluding carboxylic acids is 2. The normalized spacial score (nSPS) is 14.0.